The van der Waals surface area contributed by atoms with Crippen molar-refractivity contribution in [3.8, 4) is 0 Å². The maximum absolute atomic E-state index is 12.9. The minimum Gasteiger partial charge on any atom is -0.378 e. The zero-order valence-corrected chi connectivity index (χ0v) is 15.5. The number of pyridine rings is 1. The number of carbonyl (C=O) groups excluding carboxylic acids is 1. The molecule has 4 rings (SSSR count). The lowest BCUT2D eigenvalue weighted by Crippen LogP contribution is -2.21. The predicted octanol–water partition coefficient (Wildman–Crippen LogP) is 4.09. The number of hydrogen-bond acceptors (Lipinski definition) is 4. The van der Waals surface area contributed by atoms with Crippen LogP contribution in [0.4, 0.5) is 22.9 Å². The Balaban J connectivity index is 1.60. The van der Waals surface area contributed by atoms with E-state index in [4.69, 9.17) is 0 Å². The molecule has 136 valence electrons. The van der Waals surface area contributed by atoms with Crippen molar-refractivity contribution in [3.05, 3.63) is 78.0 Å². The average molecular weight is 358 g/mol. The van der Waals surface area contributed by atoms with Crippen LogP contribution in [0.2, 0.25) is 0 Å². The highest BCUT2D eigenvalue weighted by Crippen LogP contribution is 2.35. The normalized spacial score (nSPS) is 12.6. The number of rotatable bonds is 4. The van der Waals surface area contributed by atoms with Crippen molar-refractivity contribution in [1.29, 1.82) is 0 Å². The topological polar surface area (TPSA) is 48.5 Å². The van der Waals surface area contributed by atoms with Gasteiger partial charge in [0.05, 0.1) is 5.56 Å². The molecule has 0 unspecified atom stereocenters. The van der Waals surface area contributed by atoms with Crippen LogP contribution in [0.15, 0.2) is 66.9 Å². The molecule has 2 heterocycles. The van der Waals surface area contributed by atoms with Crippen molar-refractivity contribution in [3.63, 3.8) is 0 Å². The molecule has 0 spiro atoms. The number of fused-ring (bicyclic) bond motifs is 1. The van der Waals surface area contributed by atoms with Crippen molar-refractivity contribution in [2.24, 2.45) is 0 Å². The molecule has 1 amide bonds. The van der Waals surface area contributed by atoms with E-state index in [0.29, 0.717) is 11.4 Å². The molecule has 0 bridgehead atoms. The zero-order chi connectivity index (χ0) is 18.8. The number of para-hydroxylation sites is 1. The maximum atomic E-state index is 12.9. The Morgan fingerprint density at radius 2 is 1.81 bits per heavy atom. The van der Waals surface area contributed by atoms with Crippen molar-refractivity contribution < 1.29 is 4.79 Å². The van der Waals surface area contributed by atoms with Crippen molar-refractivity contribution in [2.75, 3.05) is 35.8 Å². The second kappa shape index (κ2) is 7.11. The van der Waals surface area contributed by atoms with Gasteiger partial charge in [0.1, 0.15) is 5.82 Å². The summed E-state index contributed by atoms with van der Waals surface area (Å²) in [4.78, 5) is 21.6. The summed E-state index contributed by atoms with van der Waals surface area (Å²) in [5.74, 6) is 0.546. The highest BCUT2D eigenvalue weighted by molar-refractivity contribution is 6.08. The molecule has 0 saturated heterocycles. The standard InChI is InChI=1S/C22H22N4O/c1-25(2)18-11-9-17(10-12-18)24-22(27)19-7-5-14-23-21(19)26-15-13-16-6-3-4-8-20(16)26/h3-12,14H,13,15H2,1-2H3,(H,24,27). The van der Waals surface area contributed by atoms with Gasteiger partial charge in [-0.2, -0.15) is 0 Å². The van der Waals surface area contributed by atoms with Gasteiger partial charge in [-0.25, -0.2) is 4.98 Å². The van der Waals surface area contributed by atoms with Crippen LogP contribution in [-0.4, -0.2) is 31.5 Å². The highest BCUT2D eigenvalue weighted by Gasteiger charge is 2.25. The molecule has 1 aliphatic rings. The quantitative estimate of drug-likeness (QED) is 0.763. The van der Waals surface area contributed by atoms with Crippen LogP contribution in [0.3, 0.4) is 0 Å². The Morgan fingerprint density at radius 3 is 2.59 bits per heavy atom. The smallest absolute Gasteiger partial charge is 0.259 e. The molecule has 1 aliphatic heterocycles. The van der Waals surface area contributed by atoms with Crippen molar-refractivity contribution in [2.45, 2.75) is 6.42 Å². The van der Waals surface area contributed by atoms with Crippen LogP contribution < -0.4 is 15.1 Å². The van der Waals surface area contributed by atoms with Crippen LogP contribution >= 0.6 is 0 Å². The summed E-state index contributed by atoms with van der Waals surface area (Å²) in [7, 11) is 3.98. The molecule has 1 N–H and O–H groups in total. The second-order valence-corrected chi connectivity index (χ2v) is 6.80. The number of amides is 1. The molecule has 2 aromatic carbocycles. The number of nitrogens with zero attached hydrogens (tertiary/aromatic N) is 3. The molecular formula is C22H22N4O. The van der Waals surface area contributed by atoms with Gasteiger partial charge in [0.25, 0.3) is 5.91 Å². The summed E-state index contributed by atoms with van der Waals surface area (Å²) in [5.41, 5.74) is 4.84. The van der Waals surface area contributed by atoms with Crippen LogP contribution in [0, 0.1) is 0 Å². The molecule has 0 aliphatic carbocycles. The van der Waals surface area contributed by atoms with Gasteiger partial charge in [0.15, 0.2) is 0 Å². The third-order valence-corrected chi connectivity index (χ3v) is 4.82. The average Bonchev–Trinajstić information content (AvgIpc) is 3.12. The van der Waals surface area contributed by atoms with Gasteiger partial charge in [0, 0.05) is 43.9 Å². The molecule has 0 atom stereocenters. The first-order valence-electron chi connectivity index (χ1n) is 9.03. The number of nitrogens with one attached hydrogen (secondary N) is 1. The van der Waals surface area contributed by atoms with Gasteiger partial charge < -0.3 is 15.1 Å². The Bertz CT molecular complexity index is 966. The summed E-state index contributed by atoms with van der Waals surface area (Å²) in [6.07, 6.45) is 2.69. The third kappa shape index (κ3) is 3.36. The molecule has 1 aromatic heterocycles. The first kappa shape index (κ1) is 17.1. The lowest BCUT2D eigenvalue weighted by atomic mass is 10.1. The zero-order valence-electron chi connectivity index (χ0n) is 15.5. The number of aromatic nitrogens is 1. The van der Waals surface area contributed by atoms with Gasteiger partial charge in [-0.1, -0.05) is 18.2 Å². The first-order valence-corrected chi connectivity index (χ1v) is 9.03. The Morgan fingerprint density at radius 1 is 1.04 bits per heavy atom. The van der Waals surface area contributed by atoms with Crippen LogP contribution in [0.1, 0.15) is 15.9 Å². The fourth-order valence-electron chi connectivity index (χ4n) is 3.39. The molecule has 27 heavy (non-hydrogen) atoms. The van der Waals surface area contributed by atoms with Crippen molar-refractivity contribution >= 4 is 28.8 Å². The van der Waals surface area contributed by atoms with Gasteiger partial charge in [-0.3, -0.25) is 4.79 Å². The largest absolute Gasteiger partial charge is 0.378 e. The molecule has 5 heteroatoms. The van der Waals surface area contributed by atoms with Gasteiger partial charge in [0.2, 0.25) is 0 Å². The number of anilines is 4. The van der Waals surface area contributed by atoms with Crippen LogP contribution in [0.5, 0.6) is 0 Å². The van der Waals surface area contributed by atoms with E-state index in [1.807, 2.05) is 61.5 Å². The number of benzene rings is 2. The van der Waals surface area contributed by atoms with Gasteiger partial charge in [-0.15, -0.1) is 0 Å². The Labute approximate surface area is 159 Å². The van der Waals surface area contributed by atoms with Crippen LogP contribution in [-0.2, 0) is 6.42 Å². The SMILES string of the molecule is CN(C)c1ccc(NC(=O)c2cccnc2N2CCc3ccccc32)cc1. The van der Waals surface area contributed by atoms with Crippen LogP contribution in [0.25, 0.3) is 0 Å². The summed E-state index contributed by atoms with van der Waals surface area (Å²) in [6, 6.07) is 19.7. The van der Waals surface area contributed by atoms with Gasteiger partial charge in [-0.05, 0) is 54.4 Å². The minimum absolute atomic E-state index is 0.153. The lowest BCUT2D eigenvalue weighted by molar-refractivity contribution is 0.102. The second-order valence-electron chi connectivity index (χ2n) is 6.80. The van der Waals surface area contributed by atoms with E-state index >= 15 is 0 Å². The molecule has 0 radical (unpaired) electrons. The van der Waals surface area contributed by atoms with E-state index in [9.17, 15) is 4.79 Å². The molecule has 0 fully saturated rings. The summed E-state index contributed by atoms with van der Waals surface area (Å²) < 4.78 is 0. The molecule has 3 aromatic rings. The number of hydrogen-bond donors (Lipinski definition) is 1. The monoisotopic (exact) mass is 358 g/mol. The van der Waals surface area contributed by atoms with E-state index in [2.05, 4.69) is 27.3 Å². The molecule has 0 saturated carbocycles. The summed E-state index contributed by atoms with van der Waals surface area (Å²) in [6.45, 7) is 0.828. The van der Waals surface area contributed by atoms with E-state index in [0.717, 1.165) is 30.0 Å². The molecular weight excluding hydrogens is 336 g/mol. The Kier molecular flexibility index (Phi) is 4.50. The fraction of sp³-hybridized carbons (Fsp3) is 0.182. The predicted molar refractivity (Wildman–Crippen MR) is 110 cm³/mol. The fourth-order valence-corrected chi connectivity index (χ4v) is 3.39. The minimum atomic E-state index is -0.153. The van der Waals surface area contributed by atoms with E-state index in [1.165, 1.54) is 5.56 Å². The van der Waals surface area contributed by atoms with Gasteiger partial charge >= 0.3 is 0 Å². The molecule has 5 nitrogen and oxygen atoms in total. The Hall–Kier alpha value is -3.34. The summed E-state index contributed by atoms with van der Waals surface area (Å²) in [5, 5.41) is 2.99. The maximum Gasteiger partial charge on any atom is 0.259 e. The summed E-state index contributed by atoms with van der Waals surface area (Å²) >= 11 is 0. The third-order valence-electron chi connectivity index (χ3n) is 4.82. The first-order chi connectivity index (χ1) is 13.1. The highest BCUT2D eigenvalue weighted by atomic mass is 16.1. The number of carbonyl (C=O) groups is 1. The van der Waals surface area contributed by atoms with E-state index in [1.54, 1.807) is 12.3 Å². The van der Waals surface area contributed by atoms with Crippen molar-refractivity contribution in [1.82, 2.24) is 4.98 Å². The lowest BCUT2D eigenvalue weighted by Gasteiger charge is -2.21. The van der Waals surface area contributed by atoms with E-state index in [-0.39, 0.29) is 5.91 Å². The van der Waals surface area contributed by atoms with E-state index < -0.39 is 0 Å².